The molecule has 1 saturated heterocycles. The summed E-state index contributed by atoms with van der Waals surface area (Å²) in [6.07, 6.45) is 1.54. The van der Waals surface area contributed by atoms with Crippen molar-refractivity contribution in [2.45, 2.75) is 13.0 Å². The minimum atomic E-state index is 0.0711. The summed E-state index contributed by atoms with van der Waals surface area (Å²) in [4.78, 5) is 16.3. The molecule has 0 saturated carbocycles. The van der Waals surface area contributed by atoms with Gasteiger partial charge in [-0.05, 0) is 26.1 Å². The Morgan fingerprint density at radius 1 is 1.56 bits per heavy atom. The van der Waals surface area contributed by atoms with Crippen molar-refractivity contribution >= 4 is 5.78 Å². The highest BCUT2D eigenvalue weighted by atomic mass is 16.3. The number of furan rings is 1. The highest BCUT2D eigenvalue weighted by molar-refractivity contribution is 5.94. The number of hydrogen-bond acceptors (Lipinski definition) is 4. The van der Waals surface area contributed by atoms with Crippen LogP contribution in [0.2, 0.25) is 0 Å². The van der Waals surface area contributed by atoms with Crippen molar-refractivity contribution in [2.24, 2.45) is 0 Å². The van der Waals surface area contributed by atoms with Crippen LogP contribution in [0.25, 0.3) is 0 Å². The highest BCUT2D eigenvalue weighted by Gasteiger charge is 2.23. The Bertz CT molecular complexity index is 348. The average molecular weight is 222 g/mol. The van der Waals surface area contributed by atoms with E-state index in [0.29, 0.717) is 18.3 Å². The maximum absolute atomic E-state index is 11.8. The van der Waals surface area contributed by atoms with Gasteiger partial charge >= 0.3 is 0 Å². The molecule has 0 spiro atoms. The zero-order chi connectivity index (χ0) is 11.5. The minimum absolute atomic E-state index is 0.0711. The van der Waals surface area contributed by atoms with E-state index in [4.69, 9.17) is 4.42 Å². The first-order valence-corrected chi connectivity index (χ1v) is 5.66. The van der Waals surface area contributed by atoms with Crippen molar-refractivity contribution in [2.75, 3.05) is 33.2 Å². The van der Waals surface area contributed by atoms with Gasteiger partial charge in [-0.2, -0.15) is 0 Å². The van der Waals surface area contributed by atoms with Crippen LogP contribution in [0.5, 0.6) is 0 Å². The van der Waals surface area contributed by atoms with Gasteiger partial charge in [0.25, 0.3) is 0 Å². The molecule has 4 nitrogen and oxygen atoms in total. The second-order valence-corrected chi connectivity index (χ2v) is 4.47. The third-order valence-corrected chi connectivity index (χ3v) is 3.21. The fourth-order valence-electron chi connectivity index (χ4n) is 1.99. The van der Waals surface area contributed by atoms with Crippen LogP contribution in [-0.2, 0) is 0 Å². The lowest BCUT2D eigenvalue weighted by atomic mass is 10.2. The van der Waals surface area contributed by atoms with Gasteiger partial charge in [-0.1, -0.05) is 0 Å². The first-order chi connectivity index (χ1) is 7.66. The average Bonchev–Trinajstić information content (AvgIpc) is 2.77. The van der Waals surface area contributed by atoms with Gasteiger partial charge in [-0.25, -0.2) is 0 Å². The predicted octanol–water partition coefficient (Wildman–Crippen LogP) is 1.10. The summed E-state index contributed by atoms with van der Waals surface area (Å²) in [7, 11) is 2.12. The molecule has 1 fully saturated rings. The van der Waals surface area contributed by atoms with Crippen molar-refractivity contribution in [1.82, 2.24) is 9.80 Å². The lowest BCUT2D eigenvalue weighted by Crippen LogP contribution is -2.51. The van der Waals surface area contributed by atoms with E-state index < -0.39 is 0 Å². The number of piperazine rings is 1. The molecule has 1 unspecified atom stereocenters. The van der Waals surface area contributed by atoms with E-state index in [0.717, 1.165) is 19.6 Å². The van der Waals surface area contributed by atoms with E-state index in [1.54, 1.807) is 18.4 Å². The Kier molecular flexibility index (Phi) is 3.41. The van der Waals surface area contributed by atoms with Crippen molar-refractivity contribution in [1.29, 1.82) is 0 Å². The van der Waals surface area contributed by atoms with E-state index in [9.17, 15) is 4.79 Å². The highest BCUT2D eigenvalue weighted by Crippen LogP contribution is 2.09. The molecule has 1 atom stereocenters. The zero-order valence-corrected chi connectivity index (χ0v) is 9.85. The second kappa shape index (κ2) is 4.80. The van der Waals surface area contributed by atoms with Gasteiger partial charge in [0.1, 0.15) is 0 Å². The molecule has 0 aliphatic carbocycles. The Labute approximate surface area is 95.8 Å². The lowest BCUT2D eigenvalue weighted by Gasteiger charge is -2.37. The van der Waals surface area contributed by atoms with Crippen molar-refractivity contribution in [3.63, 3.8) is 0 Å². The Hall–Kier alpha value is -1.13. The monoisotopic (exact) mass is 222 g/mol. The van der Waals surface area contributed by atoms with Gasteiger partial charge in [-0.3, -0.25) is 9.69 Å². The molecule has 0 bridgehead atoms. The molecule has 1 aromatic heterocycles. The number of likely N-dealkylation sites (N-methyl/N-ethyl adjacent to an activating group) is 1. The fourth-order valence-corrected chi connectivity index (χ4v) is 1.99. The summed E-state index contributed by atoms with van der Waals surface area (Å²) < 4.78 is 5.10. The summed E-state index contributed by atoms with van der Waals surface area (Å²) in [5, 5.41) is 0. The molecule has 88 valence electrons. The van der Waals surface area contributed by atoms with E-state index in [1.165, 1.54) is 0 Å². The third-order valence-electron chi connectivity index (χ3n) is 3.21. The van der Waals surface area contributed by atoms with E-state index in [2.05, 4.69) is 23.8 Å². The van der Waals surface area contributed by atoms with E-state index >= 15 is 0 Å². The number of rotatable bonds is 3. The van der Waals surface area contributed by atoms with Crippen LogP contribution in [0.3, 0.4) is 0 Å². The van der Waals surface area contributed by atoms with Gasteiger partial charge < -0.3 is 9.32 Å². The van der Waals surface area contributed by atoms with Gasteiger partial charge in [-0.15, -0.1) is 0 Å². The molecule has 2 rings (SSSR count). The van der Waals surface area contributed by atoms with Gasteiger partial charge in [0.15, 0.2) is 5.76 Å². The summed E-state index contributed by atoms with van der Waals surface area (Å²) in [5.74, 6) is 0.535. The molecule has 1 aliphatic heterocycles. The summed E-state index contributed by atoms with van der Waals surface area (Å²) in [6, 6.07) is 3.99. The number of carbonyl (C=O) groups is 1. The van der Waals surface area contributed by atoms with Crippen LogP contribution < -0.4 is 0 Å². The molecule has 0 N–H and O–H groups in total. The van der Waals surface area contributed by atoms with E-state index in [1.807, 2.05) is 0 Å². The van der Waals surface area contributed by atoms with Gasteiger partial charge in [0.2, 0.25) is 5.78 Å². The largest absolute Gasteiger partial charge is 0.461 e. The standard InChI is InChI=1S/C12H18N2O2/c1-10-8-14(6-5-13(10)2)9-11(15)12-4-3-7-16-12/h3-4,7,10H,5-6,8-9H2,1-2H3. The number of carbonyl (C=O) groups excluding carboxylic acids is 1. The quantitative estimate of drug-likeness (QED) is 0.718. The second-order valence-electron chi connectivity index (χ2n) is 4.47. The van der Waals surface area contributed by atoms with Crippen LogP contribution >= 0.6 is 0 Å². The fraction of sp³-hybridized carbons (Fsp3) is 0.583. The number of ketones is 1. The number of hydrogen-bond donors (Lipinski definition) is 0. The summed E-state index contributed by atoms with van der Waals surface area (Å²) in [6.45, 7) is 5.57. The minimum Gasteiger partial charge on any atom is -0.461 e. The van der Waals surface area contributed by atoms with Crippen LogP contribution in [0.4, 0.5) is 0 Å². The molecule has 0 amide bonds. The topological polar surface area (TPSA) is 36.7 Å². The number of nitrogens with zero attached hydrogens (tertiary/aromatic N) is 2. The number of Topliss-reactive ketones (excluding diaryl/α,β-unsaturated/α-hetero) is 1. The molecule has 16 heavy (non-hydrogen) atoms. The lowest BCUT2D eigenvalue weighted by molar-refractivity contribution is 0.0764. The third kappa shape index (κ3) is 2.51. The molecule has 1 aromatic rings. The van der Waals surface area contributed by atoms with Crippen molar-refractivity contribution in [3.05, 3.63) is 24.2 Å². The first kappa shape index (κ1) is 11.4. The van der Waals surface area contributed by atoms with Crippen LogP contribution in [0.15, 0.2) is 22.8 Å². The molecular formula is C12H18N2O2. The Morgan fingerprint density at radius 3 is 3.00 bits per heavy atom. The van der Waals surface area contributed by atoms with Gasteiger partial charge in [0.05, 0.1) is 12.8 Å². The maximum atomic E-state index is 11.8. The molecular weight excluding hydrogens is 204 g/mol. The SMILES string of the molecule is CC1CN(CC(=O)c2ccco2)CCN1C. The molecule has 4 heteroatoms. The summed E-state index contributed by atoms with van der Waals surface area (Å²) >= 11 is 0. The van der Waals surface area contributed by atoms with Crippen LogP contribution in [-0.4, -0.2) is 54.9 Å². The Balaban J connectivity index is 1.89. The smallest absolute Gasteiger partial charge is 0.211 e. The molecule has 0 radical (unpaired) electrons. The predicted molar refractivity (Wildman–Crippen MR) is 61.6 cm³/mol. The van der Waals surface area contributed by atoms with Crippen LogP contribution in [0.1, 0.15) is 17.5 Å². The Morgan fingerprint density at radius 2 is 2.38 bits per heavy atom. The molecule has 0 aromatic carbocycles. The first-order valence-electron chi connectivity index (χ1n) is 5.66. The normalized spacial score (nSPS) is 23.5. The molecule has 2 heterocycles. The van der Waals surface area contributed by atoms with Crippen LogP contribution in [0, 0.1) is 0 Å². The molecule has 1 aliphatic rings. The maximum Gasteiger partial charge on any atom is 0.211 e. The zero-order valence-electron chi connectivity index (χ0n) is 9.85. The summed E-state index contributed by atoms with van der Waals surface area (Å²) in [5.41, 5.74) is 0. The van der Waals surface area contributed by atoms with Gasteiger partial charge in [0, 0.05) is 25.7 Å². The van der Waals surface area contributed by atoms with Crippen molar-refractivity contribution < 1.29 is 9.21 Å². The van der Waals surface area contributed by atoms with E-state index in [-0.39, 0.29) is 5.78 Å². The van der Waals surface area contributed by atoms with Crippen molar-refractivity contribution in [3.8, 4) is 0 Å².